The fourth-order valence-electron chi connectivity index (χ4n) is 2.18. The summed E-state index contributed by atoms with van der Waals surface area (Å²) < 4.78 is 11.1. The first kappa shape index (κ1) is 18.3. The lowest BCUT2D eigenvalue weighted by molar-refractivity contribution is 0.252. The van der Waals surface area contributed by atoms with Crippen LogP contribution in [0.3, 0.4) is 0 Å². The Morgan fingerprint density at radius 2 is 1.88 bits per heavy atom. The van der Waals surface area contributed by atoms with Crippen LogP contribution in [0.1, 0.15) is 25.0 Å². The van der Waals surface area contributed by atoms with Crippen molar-refractivity contribution >= 4 is 17.9 Å². The molecule has 0 spiro atoms. The molecular formula is C19H23N3O3. The summed E-state index contributed by atoms with van der Waals surface area (Å²) in [4.78, 5) is 11.9. The molecule has 0 heterocycles. The molecule has 0 aliphatic carbocycles. The van der Waals surface area contributed by atoms with Crippen LogP contribution in [0.5, 0.6) is 11.5 Å². The summed E-state index contributed by atoms with van der Waals surface area (Å²) in [5, 5.41) is 6.73. The van der Waals surface area contributed by atoms with Crippen molar-refractivity contribution in [3.63, 3.8) is 0 Å². The molecule has 6 heteroatoms. The van der Waals surface area contributed by atoms with Crippen LogP contribution in [0, 0.1) is 6.92 Å². The van der Waals surface area contributed by atoms with E-state index in [2.05, 4.69) is 15.8 Å². The lowest BCUT2D eigenvalue weighted by atomic mass is 10.2. The molecule has 0 atom stereocenters. The van der Waals surface area contributed by atoms with E-state index in [0.717, 1.165) is 22.6 Å². The summed E-state index contributed by atoms with van der Waals surface area (Å²) in [6.45, 7) is 6.86. The van der Waals surface area contributed by atoms with Gasteiger partial charge in [0.25, 0.3) is 0 Å². The van der Waals surface area contributed by atoms with E-state index in [1.165, 1.54) is 6.21 Å². The van der Waals surface area contributed by atoms with Crippen LogP contribution in [0.15, 0.2) is 47.6 Å². The van der Waals surface area contributed by atoms with Gasteiger partial charge in [0.15, 0.2) is 0 Å². The fourth-order valence-corrected chi connectivity index (χ4v) is 2.18. The summed E-state index contributed by atoms with van der Waals surface area (Å²) in [6, 6.07) is 12.6. The van der Waals surface area contributed by atoms with Crippen molar-refractivity contribution in [2.24, 2.45) is 5.10 Å². The van der Waals surface area contributed by atoms with E-state index in [1.807, 2.05) is 63.2 Å². The maximum atomic E-state index is 11.9. The second kappa shape index (κ2) is 9.32. The zero-order valence-corrected chi connectivity index (χ0v) is 14.7. The van der Waals surface area contributed by atoms with Crippen LogP contribution in [-0.2, 0) is 0 Å². The van der Waals surface area contributed by atoms with Crippen molar-refractivity contribution in [3.8, 4) is 11.5 Å². The van der Waals surface area contributed by atoms with Crippen molar-refractivity contribution in [1.82, 2.24) is 5.43 Å². The number of anilines is 1. The number of nitrogens with zero attached hydrogens (tertiary/aromatic N) is 1. The number of amides is 2. The standard InChI is InChI=1S/C19H23N3O3/c1-4-24-16-11-10-15(18(12-16)25-5-2)13-20-22-19(23)21-17-9-7-6-8-14(17)3/h6-13H,4-5H2,1-3H3,(H2,21,22,23)/b20-13-. The summed E-state index contributed by atoms with van der Waals surface area (Å²) in [5.74, 6) is 1.38. The molecule has 0 bridgehead atoms. The van der Waals surface area contributed by atoms with Crippen LogP contribution in [0.2, 0.25) is 0 Å². The van der Waals surface area contributed by atoms with E-state index in [9.17, 15) is 4.79 Å². The van der Waals surface area contributed by atoms with Gasteiger partial charge in [-0.15, -0.1) is 0 Å². The molecule has 0 aliphatic heterocycles. The average Bonchev–Trinajstić information content (AvgIpc) is 2.59. The highest BCUT2D eigenvalue weighted by atomic mass is 16.5. The SMILES string of the molecule is CCOc1ccc(/C=N\NC(=O)Nc2ccccc2C)c(OCC)c1. The third-order valence-electron chi connectivity index (χ3n) is 3.36. The van der Waals surface area contributed by atoms with Crippen LogP contribution >= 0.6 is 0 Å². The summed E-state index contributed by atoms with van der Waals surface area (Å²) >= 11 is 0. The number of hydrogen-bond acceptors (Lipinski definition) is 4. The molecule has 2 aromatic carbocycles. The first-order valence-corrected chi connectivity index (χ1v) is 8.19. The number of carbonyl (C=O) groups is 1. The Hall–Kier alpha value is -3.02. The van der Waals surface area contributed by atoms with Gasteiger partial charge in [0, 0.05) is 17.3 Å². The molecule has 2 N–H and O–H groups in total. The number of hydrazone groups is 1. The van der Waals surface area contributed by atoms with Crippen molar-refractivity contribution in [1.29, 1.82) is 0 Å². The van der Waals surface area contributed by atoms with Gasteiger partial charge in [-0.2, -0.15) is 5.10 Å². The first-order chi connectivity index (χ1) is 12.1. The van der Waals surface area contributed by atoms with Crippen molar-refractivity contribution in [3.05, 3.63) is 53.6 Å². The third-order valence-corrected chi connectivity index (χ3v) is 3.36. The minimum absolute atomic E-state index is 0.408. The van der Waals surface area contributed by atoms with Gasteiger partial charge in [-0.05, 0) is 44.5 Å². The molecule has 2 rings (SSSR count). The van der Waals surface area contributed by atoms with Crippen LogP contribution in [0.25, 0.3) is 0 Å². The Balaban J connectivity index is 2.01. The molecule has 2 amide bonds. The summed E-state index contributed by atoms with van der Waals surface area (Å²) in [7, 11) is 0. The molecule has 0 saturated carbocycles. The number of aryl methyl sites for hydroxylation is 1. The zero-order chi connectivity index (χ0) is 18.1. The highest BCUT2D eigenvalue weighted by Gasteiger charge is 2.05. The molecule has 6 nitrogen and oxygen atoms in total. The van der Waals surface area contributed by atoms with Gasteiger partial charge in [-0.25, -0.2) is 10.2 Å². The number of para-hydroxylation sites is 1. The van der Waals surface area contributed by atoms with Crippen molar-refractivity contribution < 1.29 is 14.3 Å². The maximum Gasteiger partial charge on any atom is 0.339 e. The molecule has 0 unspecified atom stereocenters. The predicted octanol–water partition coefficient (Wildman–Crippen LogP) is 3.95. The van der Waals surface area contributed by atoms with Crippen molar-refractivity contribution in [2.45, 2.75) is 20.8 Å². The smallest absolute Gasteiger partial charge is 0.339 e. The summed E-state index contributed by atoms with van der Waals surface area (Å²) in [5.41, 5.74) is 4.92. The topological polar surface area (TPSA) is 72.0 Å². The largest absolute Gasteiger partial charge is 0.494 e. The second-order valence-corrected chi connectivity index (χ2v) is 5.20. The van der Waals surface area contributed by atoms with E-state index >= 15 is 0 Å². The Bertz CT molecular complexity index is 744. The molecule has 0 fully saturated rings. The van der Waals surface area contributed by atoms with Gasteiger partial charge >= 0.3 is 6.03 Å². The normalized spacial score (nSPS) is 10.5. The Morgan fingerprint density at radius 1 is 1.12 bits per heavy atom. The third kappa shape index (κ3) is 5.53. The van der Waals surface area contributed by atoms with Gasteiger partial charge in [-0.1, -0.05) is 18.2 Å². The van der Waals surface area contributed by atoms with E-state index in [1.54, 1.807) is 0 Å². The van der Waals surface area contributed by atoms with E-state index in [4.69, 9.17) is 9.47 Å². The molecule has 132 valence electrons. The van der Waals surface area contributed by atoms with Gasteiger partial charge in [0.2, 0.25) is 0 Å². The lowest BCUT2D eigenvalue weighted by Gasteiger charge is -2.10. The number of hydrogen-bond donors (Lipinski definition) is 2. The molecular weight excluding hydrogens is 318 g/mol. The van der Waals surface area contributed by atoms with Gasteiger partial charge < -0.3 is 14.8 Å². The highest BCUT2D eigenvalue weighted by Crippen LogP contribution is 2.24. The Morgan fingerprint density at radius 3 is 2.60 bits per heavy atom. The molecule has 2 aromatic rings. The molecule has 0 radical (unpaired) electrons. The van der Waals surface area contributed by atoms with Gasteiger partial charge in [0.05, 0.1) is 19.4 Å². The minimum Gasteiger partial charge on any atom is -0.494 e. The minimum atomic E-state index is -0.408. The monoisotopic (exact) mass is 341 g/mol. The summed E-state index contributed by atoms with van der Waals surface area (Å²) in [6.07, 6.45) is 1.54. The molecule has 25 heavy (non-hydrogen) atoms. The van der Waals surface area contributed by atoms with Crippen molar-refractivity contribution in [2.75, 3.05) is 18.5 Å². The van der Waals surface area contributed by atoms with E-state index < -0.39 is 6.03 Å². The second-order valence-electron chi connectivity index (χ2n) is 5.20. The number of benzene rings is 2. The fraction of sp³-hybridized carbons (Fsp3) is 0.263. The predicted molar refractivity (Wildman–Crippen MR) is 99.7 cm³/mol. The maximum absolute atomic E-state index is 11.9. The number of carbonyl (C=O) groups excluding carboxylic acids is 1. The number of ether oxygens (including phenoxy) is 2. The molecule has 0 aromatic heterocycles. The zero-order valence-electron chi connectivity index (χ0n) is 14.7. The Labute approximate surface area is 147 Å². The first-order valence-electron chi connectivity index (χ1n) is 8.19. The quantitative estimate of drug-likeness (QED) is 0.592. The van der Waals surface area contributed by atoms with Gasteiger partial charge in [0.1, 0.15) is 11.5 Å². The van der Waals surface area contributed by atoms with Crippen LogP contribution in [-0.4, -0.2) is 25.5 Å². The number of nitrogens with one attached hydrogen (secondary N) is 2. The molecule has 0 saturated heterocycles. The number of urea groups is 1. The van der Waals surface area contributed by atoms with Gasteiger partial charge in [-0.3, -0.25) is 0 Å². The van der Waals surface area contributed by atoms with Crippen LogP contribution < -0.4 is 20.2 Å². The van der Waals surface area contributed by atoms with E-state index in [-0.39, 0.29) is 0 Å². The average molecular weight is 341 g/mol. The molecule has 0 aliphatic rings. The Kier molecular flexibility index (Phi) is 6.83. The highest BCUT2D eigenvalue weighted by molar-refractivity contribution is 5.91. The lowest BCUT2D eigenvalue weighted by Crippen LogP contribution is -2.24. The van der Waals surface area contributed by atoms with E-state index in [0.29, 0.717) is 19.0 Å². The number of rotatable bonds is 7. The van der Waals surface area contributed by atoms with Crippen LogP contribution in [0.4, 0.5) is 10.5 Å².